The number of rotatable bonds is 4. The predicted octanol–water partition coefficient (Wildman–Crippen LogP) is 1.70. The molecule has 1 aromatic rings. The first kappa shape index (κ1) is 10.7. The summed E-state index contributed by atoms with van der Waals surface area (Å²) in [5.41, 5.74) is 6.89. The Kier molecular flexibility index (Phi) is 3.90. The number of aryl methyl sites for hydroxylation is 2. The molecule has 0 radical (unpaired) electrons. The van der Waals surface area contributed by atoms with Gasteiger partial charge in [-0.3, -0.25) is 0 Å². The first-order valence-electron chi connectivity index (χ1n) is 4.58. The fraction of sp³-hybridized carbons (Fsp3) is 0.600. The minimum Gasteiger partial charge on any atom is -0.392 e. The second-order valence-corrected chi connectivity index (χ2v) is 4.49. The Morgan fingerprint density at radius 1 is 1.62 bits per heavy atom. The summed E-state index contributed by atoms with van der Waals surface area (Å²) in [7, 11) is 0. The van der Waals surface area contributed by atoms with Crippen LogP contribution in [0.1, 0.15) is 23.8 Å². The van der Waals surface area contributed by atoms with Crippen molar-refractivity contribution in [3.63, 3.8) is 0 Å². The van der Waals surface area contributed by atoms with Crippen LogP contribution in [0.25, 0.3) is 0 Å². The topological polar surface area (TPSA) is 46.2 Å². The van der Waals surface area contributed by atoms with Crippen LogP contribution < -0.4 is 5.73 Å². The molecule has 0 saturated heterocycles. The molecule has 0 saturated carbocycles. The van der Waals surface area contributed by atoms with E-state index in [0.717, 1.165) is 12.8 Å². The number of aliphatic hydroxyl groups excluding tert-OH is 1. The fourth-order valence-electron chi connectivity index (χ4n) is 1.20. The summed E-state index contributed by atoms with van der Waals surface area (Å²) in [6.07, 6.45) is 1.33. The minimum atomic E-state index is -0.374. The van der Waals surface area contributed by atoms with Crippen molar-refractivity contribution >= 4 is 11.3 Å². The summed E-state index contributed by atoms with van der Waals surface area (Å²) in [6.45, 7) is 3.94. The van der Waals surface area contributed by atoms with Crippen molar-refractivity contribution in [2.75, 3.05) is 0 Å². The van der Waals surface area contributed by atoms with Crippen LogP contribution >= 0.6 is 11.3 Å². The molecule has 13 heavy (non-hydrogen) atoms. The molecule has 3 heteroatoms. The molecule has 2 atom stereocenters. The highest BCUT2D eigenvalue weighted by atomic mass is 32.1. The van der Waals surface area contributed by atoms with E-state index in [2.05, 4.69) is 18.4 Å². The van der Waals surface area contributed by atoms with Crippen molar-refractivity contribution in [3.8, 4) is 0 Å². The predicted molar refractivity (Wildman–Crippen MR) is 57.0 cm³/mol. The molecule has 0 amide bonds. The van der Waals surface area contributed by atoms with Crippen molar-refractivity contribution in [1.82, 2.24) is 0 Å². The van der Waals surface area contributed by atoms with E-state index >= 15 is 0 Å². The molecule has 0 fully saturated rings. The first-order chi connectivity index (χ1) is 6.11. The smallest absolute Gasteiger partial charge is 0.0691 e. The standard InChI is InChI=1S/C10H17NOS/c1-7-5-6-13-10(7)4-3-9(12)8(2)11/h5-6,8-9,12H,3-4,11H2,1-2H3. The van der Waals surface area contributed by atoms with Crippen LogP contribution in [0.5, 0.6) is 0 Å². The zero-order valence-corrected chi connectivity index (χ0v) is 8.97. The van der Waals surface area contributed by atoms with E-state index in [9.17, 15) is 5.11 Å². The van der Waals surface area contributed by atoms with Gasteiger partial charge in [0.2, 0.25) is 0 Å². The van der Waals surface area contributed by atoms with Crippen molar-refractivity contribution in [2.45, 2.75) is 38.8 Å². The maximum atomic E-state index is 9.50. The second kappa shape index (κ2) is 4.74. The maximum absolute atomic E-state index is 9.50. The fourth-order valence-corrected chi connectivity index (χ4v) is 2.13. The lowest BCUT2D eigenvalue weighted by atomic mass is 10.1. The minimum absolute atomic E-state index is 0.125. The molecule has 1 aromatic heterocycles. The summed E-state index contributed by atoms with van der Waals surface area (Å²) in [4.78, 5) is 1.36. The van der Waals surface area contributed by atoms with E-state index in [0.29, 0.717) is 0 Å². The molecule has 0 aliphatic rings. The molecule has 2 unspecified atom stereocenters. The summed E-state index contributed by atoms with van der Waals surface area (Å²) in [6, 6.07) is 1.98. The van der Waals surface area contributed by atoms with E-state index < -0.39 is 0 Å². The highest BCUT2D eigenvalue weighted by Crippen LogP contribution is 2.18. The van der Waals surface area contributed by atoms with Gasteiger partial charge in [0.15, 0.2) is 0 Å². The molecule has 0 aliphatic heterocycles. The van der Waals surface area contributed by atoms with Crippen LogP contribution in [0, 0.1) is 6.92 Å². The van der Waals surface area contributed by atoms with E-state index in [-0.39, 0.29) is 12.1 Å². The molecule has 0 aliphatic carbocycles. The van der Waals surface area contributed by atoms with Gasteiger partial charge in [-0.2, -0.15) is 0 Å². The second-order valence-electron chi connectivity index (χ2n) is 3.49. The van der Waals surface area contributed by atoms with Gasteiger partial charge in [0, 0.05) is 10.9 Å². The van der Waals surface area contributed by atoms with Gasteiger partial charge in [-0.15, -0.1) is 11.3 Å². The van der Waals surface area contributed by atoms with Gasteiger partial charge < -0.3 is 10.8 Å². The van der Waals surface area contributed by atoms with Gasteiger partial charge in [0.05, 0.1) is 6.10 Å². The highest BCUT2D eigenvalue weighted by Gasteiger charge is 2.10. The number of hydrogen-bond donors (Lipinski definition) is 2. The molecule has 74 valence electrons. The molecule has 0 spiro atoms. The zero-order chi connectivity index (χ0) is 9.84. The SMILES string of the molecule is Cc1ccsc1CCC(O)C(C)N. The lowest BCUT2D eigenvalue weighted by molar-refractivity contribution is 0.142. The lowest BCUT2D eigenvalue weighted by Crippen LogP contribution is -2.31. The van der Waals surface area contributed by atoms with E-state index in [1.165, 1.54) is 10.4 Å². The molecule has 3 N–H and O–H groups in total. The largest absolute Gasteiger partial charge is 0.392 e. The highest BCUT2D eigenvalue weighted by molar-refractivity contribution is 7.10. The Balaban J connectivity index is 2.39. The molecule has 2 nitrogen and oxygen atoms in total. The molecule has 0 aromatic carbocycles. The van der Waals surface area contributed by atoms with Crippen LogP contribution in [0.15, 0.2) is 11.4 Å². The summed E-state index contributed by atoms with van der Waals surface area (Å²) >= 11 is 1.75. The van der Waals surface area contributed by atoms with Crippen LogP contribution in [0.2, 0.25) is 0 Å². The van der Waals surface area contributed by atoms with Gasteiger partial charge >= 0.3 is 0 Å². The molecular weight excluding hydrogens is 182 g/mol. The van der Waals surface area contributed by atoms with Gasteiger partial charge in [-0.1, -0.05) is 0 Å². The average Bonchev–Trinajstić information content (AvgIpc) is 2.47. The maximum Gasteiger partial charge on any atom is 0.0691 e. The van der Waals surface area contributed by atoms with Crippen LogP contribution in [0.3, 0.4) is 0 Å². The Morgan fingerprint density at radius 3 is 2.77 bits per heavy atom. The molecule has 1 rings (SSSR count). The van der Waals surface area contributed by atoms with Crippen LogP contribution in [-0.2, 0) is 6.42 Å². The van der Waals surface area contributed by atoms with Gasteiger partial charge in [0.1, 0.15) is 0 Å². The molecule has 1 heterocycles. The number of nitrogens with two attached hydrogens (primary N) is 1. The van der Waals surface area contributed by atoms with Crippen molar-refractivity contribution in [3.05, 3.63) is 21.9 Å². The van der Waals surface area contributed by atoms with E-state index in [4.69, 9.17) is 5.73 Å². The van der Waals surface area contributed by atoms with Gasteiger partial charge in [-0.05, 0) is 43.7 Å². The van der Waals surface area contributed by atoms with Crippen molar-refractivity contribution < 1.29 is 5.11 Å². The monoisotopic (exact) mass is 199 g/mol. The van der Waals surface area contributed by atoms with E-state index in [1.54, 1.807) is 11.3 Å². The quantitative estimate of drug-likeness (QED) is 0.775. The van der Waals surface area contributed by atoms with Crippen LogP contribution in [-0.4, -0.2) is 17.3 Å². The number of aliphatic hydroxyl groups is 1. The van der Waals surface area contributed by atoms with Gasteiger partial charge in [0.25, 0.3) is 0 Å². The molecular formula is C10H17NOS. The molecule has 0 bridgehead atoms. The van der Waals surface area contributed by atoms with Crippen LogP contribution in [0.4, 0.5) is 0 Å². The summed E-state index contributed by atoms with van der Waals surface area (Å²) in [5.74, 6) is 0. The summed E-state index contributed by atoms with van der Waals surface area (Å²) < 4.78 is 0. The third-order valence-corrected chi connectivity index (χ3v) is 3.33. The first-order valence-corrected chi connectivity index (χ1v) is 5.46. The average molecular weight is 199 g/mol. The lowest BCUT2D eigenvalue weighted by Gasteiger charge is -2.13. The Labute approximate surface area is 83.4 Å². The third-order valence-electron chi connectivity index (χ3n) is 2.24. The Hall–Kier alpha value is -0.380. The van der Waals surface area contributed by atoms with E-state index in [1.807, 2.05) is 6.92 Å². The number of hydrogen-bond acceptors (Lipinski definition) is 3. The van der Waals surface area contributed by atoms with Crippen molar-refractivity contribution in [2.24, 2.45) is 5.73 Å². The normalized spacial score (nSPS) is 15.7. The third kappa shape index (κ3) is 3.10. The Bertz CT molecular complexity index is 257. The Morgan fingerprint density at radius 2 is 2.31 bits per heavy atom. The zero-order valence-electron chi connectivity index (χ0n) is 8.16. The summed E-state index contributed by atoms with van der Waals surface area (Å²) in [5, 5.41) is 11.6. The number of thiophene rings is 1. The van der Waals surface area contributed by atoms with Gasteiger partial charge in [-0.25, -0.2) is 0 Å². The van der Waals surface area contributed by atoms with Crippen molar-refractivity contribution in [1.29, 1.82) is 0 Å².